The predicted octanol–water partition coefficient (Wildman–Crippen LogP) is 2.57. The lowest BCUT2D eigenvalue weighted by Gasteiger charge is -2.37. The SMILES string of the molecule is Cc1ccc2c(c1)C(O)CCN2C(=O)C1CCN(C(=O)C(F)(F)F)CC1. The Hall–Kier alpha value is -2.09. The van der Waals surface area contributed by atoms with Crippen molar-refractivity contribution < 1.29 is 27.9 Å². The summed E-state index contributed by atoms with van der Waals surface area (Å²) >= 11 is 0. The number of piperidine rings is 1. The second-order valence-corrected chi connectivity index (χ2v) is 6.92. The number of hydrogen-bond acceptors (Lipinski definition) is 3. The number of fused-ring (bicyclic) bond motifs is 1. The number of halogens is 3. The van der Waals surface area contributed by atoms with E-state index < -0.39 is 24.1 Å². The first kappa shape index (κ1) is 18.7. The van der Waals surface area contributed by atoms with Gasteiger partial charge in [0.1, 0.15) is 0 Å². The molecule has 1 aromatic rings. The fourth-order valence-electron chi connectivity index (χ4n) is 3.67. The number of carbonyl (C=O) groups excluding carboxylic acids is 2. The first-order chi connectivity index (χ1) is 12.2. The number of aliphatic hydroxyl groups is 1. The second kappa shape index (κ2) is 6.90. The molecule has 0 saturated carbocycles. The zero-order chi connectivity index (χ0) is 19.1. The van der Waals surface area contributed by atoms with E-state index in [9.17, 15) is 27.9 Å². The molecule has 0 radical (unpaired) electrons. The standard InChI is InChI=1S/C18H21F3N2O3/c1-11-2-3-14-13(10-11)15(24)6-9-23(14)16(25)12-4-7-22(8-5-12)17(26)18(19,20)21/h2-3,10,12,15,24H,4-9H2,1H3. The molecule has 2 amide bonds. The van der Waals surface area contributed by atoms with Crippen LogP contribution in [0.5, 0.6) is 0 Å². The van der Waals surface area contributed by atoms with Crippen LogP contribution in [0.2, 0.25) is 0 Å². The van der Waals surface area contributed by atoms with Crippen LogP contribution in [-0.2, 0) is 9.59 Å². The number of aryl methyl sites for hydroxylation is 1. The van der Waals surface area contributed by atoms with Gasteiger partial charge >= 0.3 is 12.1 Å². The summed E-state index contributed by atoms with van der Waals surface area (Å²) < 4.78 is 37.6. The second-order valence-electron chi connectivity index (χ2n) is 6.92. The summed E-state index contributed by atoms with van der Waals surface area (Å²) in [6, 6.07) is 5.51. The van der Waals surface area contributed by atoms with Crippen LogP contribution in [0.3, 0.4) is 0 Å². The van der Waals surface area contributed by atoms with Crippen molar-refractivity contribution in [3.05, 3.63) is 29.3 Å². The number of benzene rings is 1. The maximum absolute atomic E-state index is 12.9. The van der Waals surface area contributed by atoms with Crippen molar-refractivity contribution in [2.45, 2.75) is 38.5 Å². The summed E-state index contributed by atoms with van der Waals surface area (Å²) in [4.78, 5) is 26.6. The molecule has 0 aliphatic carbocycles. The molecule has 1 saturated heterocycles. The Morgan fingerprint density at radius 3 is 2.38 bits per heavy atom. The normalized spacial score (nSPS) is 21.5. The highest BCUT2D eigenvalue weighted by molar-refractivity contribution is 5.96. The van der Waals surface area contributed by atoms with Crippen molar-refractivity contribution in [3.8, 4) is 0 Å². The largest absolute Gasteiger partial charge is 0.471 e. The Morgan fingerprint density at radius 2 is 1.77 bits per heavy atom. The van der Waals surface area contributed by atoms with E-state index in [2.05, 4.69) is 0 Å². The van der Waals surface area contributed by atoms with Crippen LogP contribution in [-0.4, -0.2) is 47.6 Å². The minimum absolute atomic E-state index is 0.0774. The van der Waals surface area contributed by atoms with Crippen LogP contribution in [0.25, 0.3) is 0 Å². The van der Waals surface area contributed by atoms with Gasteiger partial charge in [0.05, 0.1) is 6.10 Å². The summed E-state index contributed by atoms with van der Waals surface area (Å²) in [6.45, 7) is 2.12. The molecule has 26 heavy (non-hydrogen) atoms. The van der Waals surface area contributed by atoms with Gasteiger partial charge < -0.3 is 14.9 Å². The molecule has 2 aliphatic heterocycles. The Bertz CT molecular complexity index is 712. The number of anilines is 1. The quantitative estimate of drug-likeness (QED) is 0.827. The molecular weight excluding hydrogens is 349 g/mol. The van der Waals surface area contributed by atoms with Crippen molar-refractivity contribution in [1.29, 1.82) is 0 Å². The third kappa shape index (κ3) is 3.56. The van der Waals surface area contributed by atoms with Crippen LogP contribution < -0.4 is 4.90 Å². The van der Waals surface area contributed by atoms with Crippen molar-refractivity contribution in [2.75, 3.05) is 24.5 Å². The number of likely N-dealkylation sites (tertiary alicyclic amines) is 1. The fraction of sp³-hybridized carbons (Fsp3) is 0.556. The number of aliphatic hydroxyl groups excluding tert-OH is 1. The van der Waals surface area contributed by atoms with E-state index in [1.165, 1.54) is 0 Å². The molecule has 1 atom stereocenters. The molecule has 2 heterocycles. The molecule has 3 rings (SSSR count). The topological polar surface area (TPSA) is 60.9 Å². The maximum atomic E-state index is 12.9. The Balaban J connectivity index is 1.70. The van der Waals surface area contributed by atoms with E-state index in [-0.39, 0.29) is 31.8 Å². The molecule has 2 aliphatic rings. The van der Waals surface area contributed by atoms with Gasteiger partial charge in [0.25, 0.3) is 0 Å². The summed E-state index contributed by atoms with van der Waals surface area (Å²) in [5.74, 6) is -2.41. The first-order valence-electron chi connectivity index (χ1n) is 8.64. The van der Waals surface area contributed by atoms with Crippen molar-refractivity contribution in [1.82, 2.24) is 4.90 Å². The maximum Gasteiger partial charge on any atom is 0.471 e. The van der Waals surface area contributed by atoms with Gasteiger partial charge in [-0.25, -0.2) is 0 Å². The number of nitrogens with zero attached hydrogens (tertiary/aromatic N) is 2. The van der Waals surface area contributed by atoms with E-state index in [0.29, 0.717) is 24.2 Å². The van der Waals surface area contributed by atoms with Gasteiger partial charge in [-0.1, -0.05) is 17.7 Å². The number of alkyl halides is 3. The van der Waals surface area contributed by atoms with Gasteiger partial charge in [0.15, 0.2) is 0 Å². The van der Waals surface area contributed by atoms with Crippen molar-refractivity contribution in [3.63, 3.8) is 0 Å². The lowest BCUT2D eigenvalue weighted by molar-refractivity contribution is -0.186. The summed E-state index contributed by atoms with van der Waals surface area (Å²) in [7, 11) is 0. The van der Waals surface area contributed by atoms with Gasteiger partial charge in [0.2, 0.25) is 5.91 Å². The lowest BCUT2D eigenvalue weighted by Crippen LogP contribution is -2.49. The molecule has 5 nitrogen and oxygen atoms in total. The summed E-state index contributed by atoms with van der Waals surface area (Å²) in [6.07, 6.45) is -4.66. The third-order valence-electron chi connectivity index (χ3n) is 5.10. The molecule has 8 heteroatoms. The zero-order valence-electron chi connectivity index (χ0n) is 14.4. The average Bonchev–Trinajstić information content (AvgIpc) is 2.60. The number of amides is 2. The highest BCUT2D eigenvalue weighted by Gasteiger charge is 2.44. The van der Waals surface area contributed by atoms with Gasteiger partial charge in [-0.05, 0) is 32.3 Å². The van der Waals surface area contributed by atoms with Crippen molar-refractivity contribution in [2.24, 2.45) is 5.92 Å². The highest BCUT2D eigenvalue weighted by Crippen LogP contribution is 2.36. The molecule has 0 spiro atoms. The van der Waals surface area contributed by atoms with E-state index in [0.717, 1.165) is 10.5 Å². The van der Waals surface area contributed by atoms with Gasteiger partial charge in [-0.15, -0.1) is 0 Å². The Kier molecular flexibility index (Phi) is 4.96. The van der Waals surface area contributed by atoms with Crippen LogP contribution in [0, 0.1) is 12.8 Å². The number of carbonyl (C=O) groups is 2. The molecule has 1 fully saturated rings. The molecule has 1 unspecified atom stereocenters. The molecule has 0 bridgehead atoms. The van der Waals surface area contributed by atoms with Gasteiger partial charge in [-0.3, -0.25) is 9.59 Å². The minimum Gasteiger partial charge on any atom is -0.388 e. The average molecular weight is 370 g/mol. The summed E-state index contributed by atoms with van der Waals surface area (Å²) in [5.41, 5.74) is 2.35. The zero-order valence-corrected chi connectivity index (χ0v) is 14.4. The lowest BCUT2D eigenvalue weighted by atomic mass is 9.91. The van der Waals surface area contributed by atoms with Gasteiger partial charge in [-0.2, -0.15) is 13.2 Å². The van der Waals surface area contributed by atoms with Gasteiger partial charge in [0, 0.05) is 36.8 Å². The monoisotopic (exact) mass is 370 g/mol. The first-order valence-corrected chi connectivity index (χ1v) is 8.64. The van der Waals surface area contributed by atoms with Crippen LogP contribution in [0.4, 0.5) is 18.9 Å². The van der Waals surface area contributed by atoms with E-state index in [1.54, 1.807) is 11.0 Å². The minimum atomic E-state index is -4.88. The van der Waals surface area contributed by atoms with E-state index in [4.69, 9.17) is 0 Å². The Morgan fingerprint density at radius 1 is 1.12 bits per heavy atom. The Labute approximate surface area is 149 Å². The molecule has 0 aromatic heterocycles. The van der Waals surface area contributed by atoms with E-state index in [1.807, 2.05) is 19.1 Å². The molecule has 1 aromatic carbocycles. The predicted molar refractivity (Wildman–Crippen MR) is 88.5 cm³/mol. The van der Waals surface area contributed by atoms with Crippen LogP contribution in [0.15, 0.2) is 18.2 Å². The third-order valence-corrected chi connectivity index (χ3v) is 5.10. The fourth-order valence-corrected chi connectivity index (χ4v) is 3.67. The van der Waals surface area contributed by atoms with Crippen LogP contribution >= 0.6 is 0 Å². The number of hydrogen-bond donors (Lipinski definition) is 1. The number of rotatable bonds is 1. The molecular formula is C18H21F3N2O3. The summed E-state index contributed by atoms with van der Waals surface area (Å²) in [5, 5.41) is 10.2. The van der Waals surface area contributed by atoms with Crippen molar-refractivity contribution >= 4 is 17.5 Å². The van der Waals surface area contributed by atoms with Crippen LogP contribution in [0.1, 0.15) is 36.5 Å². The van der Waals surface area contributed by atoms with E-state index >= 15 is 0 Å². The highest BCUT2D eigenvalue weighted by atomic mass is 19.4. The smallest absolute Gasteiger partial charge is 0.388 e. The molecule has 1 N–H and O–H groups in total. The molecule has 142 valence electrons.